The molecule has 12 rings (SSSR count). The lowest BCUT2D eigenvalue weighted by Crippen LogP contribution is -2.38. The molecule has 0 radical (unpaired) electrons. The fourth-order valence-corrected chi connectivity index (χ4v) is 16.9. The van der Waals surface area contributed by atoms with Crippen LogP contribution in [0.4, 0.5) is 17.1 Å². The molecule has 0 atom stereocenters. The van der Waals surface area contributed by atoms with E-state index >= 15 is 0 Å². The standard InChI is InChI=1S/C74H71NSi2/c1-73(2,3)51-37-41-53(42-38-51)75(54-43-39-52(40-44-54)74(4,5)6)70-61-31-19-13-25-55(61)67(56-26-14-20-32-62(56)70)48-45-49(68-57-27-15-21-33-63(57)71(76(7,8)9)64-34-22-16-28-58(64)68)47-50(46-48)69-59-29-17-23-35-65(59)72(77(10,11)12)66-36-24-18-30-60(66)69/h13-47H,1-12H3. The number of benzene rings is 12. The third kappa shape index (κ3) is 8.69. The van der Waals surface area contributed by atoms with Crippen molar-refractivity contribution < 1.29 is 0 Å². The van der Waals surface area contributed by atoms with E-state index in [0.717, 1.165) is 11.4 Å². The molecule has 0 bridgehead atoms. The molecule has 0 saturated heterocycles. The van der Waals surface area contributed by atoms with Gasteiger partial charge < -0.3 is 4.90 Å². The minimum Gasteiger partial charge on any atom is -0.309 e. The fourth-order valence-electron chi connectivity index (χ4n) is 12.8. The Hall–Kier alpha value is -7.57. The van der Waals surface area contributed by atoms with Gasteiger partial charge in [-0.3, -0.25) is 0 Å². The predicted molar refractivity (Wildman–Crippen MR) is 346 cm³/mol. The molecule has 0 aliphatic carbocycles. The third-order valence-corrected chi connectivity index (χ3v) is 20.3. The van der Waals surface area contributed by atoms with Crippen molar-refractivity contribution in [1.29, 1.82) is 0 Å². The van der Waals surface area contributed by atoms with Gasteiger partial charge in [0.2, 0.25) is 0 Å². The molecule has 0 unspecified atom stereocenters. The Morgan fingerprint density at radius 3 is 0.727 bits per heavy atom. The second kappa shape index (κ2) is 18.6. The average Bonchev–Trinajstić information content (AvgIpc) is 3.51. The van der Waals surface area contributed by atoms with E-state index < -0.39 is 16.1 Å². The first kappa shape index (κ1) is 50.3. The van der Waals surface area contributed by atoms with E-state index in [1.54, 1.807) is 0 Å². The Labute approximate surface area is 458 Å². The van der Waals surface area contributed by atoms with Crippen LogP contribution in [0.15, 0.2) is 212 Å². The lowest BCUT2D eigenvalue weighted by Gasteiger charge is -2.31. The van der Waals surface area contributed by atoms with Crippen LogP contribution in [-0.2, 0) is 10.8 Å². The highest BCUT2D eigenvalue weighted by Crippen LogP contribution is 2.51. The van der Waals surface area contributed by atoms with Crippen molar-refractivity contribution in [2.45, 2.75) is 91.7 Å². The van der Waals surface area contributed by atoms with Crippen LogP contribution in [0.25, 0.3) is 98.0 Å². The highest BCUT2D eigenvalue weighted by atomic mass is 28.3. The second-order valence-electron chi connectivity index (χ2n) is 25.7. The number of anilines is 3. The number of hydrogen-bond donors (Lipinski definition) is 0. The van der Waals surface area contributed by atoms with Gasteiger partial charge in [0.05, 0.1) is 21.8 Å². The highest BCUT2D eigenvalue weighted by Gasteiger charge is 2.29. The SMILES string of the molecule is CC(C)(C)c1ccc(N(c2ccc(C(C)(C)C)cc2)c2c3ccccc3c(-c3cc(-c4c5ccccc5c([Si](C)(C)C)c5ccccc45)cc(-c4c5ccccc5c([Si](C)(C)C)c5ccccc45)c3)c3ccccc23)cc1. The molecule has 0 aliphatic rings. The molecular weight excluding hydrogens is 959 g/mol. The molecule has 0 saturated carbocycles. The molecule has 380 valence electrons. The largest absolute Gasteiger partial charge is 0.309 e. The molecular formula is C74H71NSi2. The van der Waals surface area contributed by atoms with Gasteiger partial charge in [-0.25, -0.2) is 0 Å². The summed E-state index contributed by atoms with van der Waals surface area (Å²) in [5.41, 5.74) is 13.6. The van der Waals surface area contributed by atoms with Crippen LogP contribution >= 0.6 is 0 Å². The van der Waals surface area contributed by atoms with Crippen molar-refractivity contribution in [2.75, 3.05) is 4.90 Å². The Morgan fingerprint density at radius 1 is 0.273 bits per heavy atom. The van der Waals surface area contributed by atoms with E-state index in [0.29, 0.717) is 0 Å². The normalized spacial score (nSPS) is 12.7. The summed E-state index contributed by atoms with van der Waals surface area (Å²) in [7, 11) is -3.69. The quantitative estimate of drug-likeness (QED) is 0.108. The molecule has 77 heavy (non-hydrogen) atoms. The lowest BCUT2D eigenvalue weighted by molar-refractivity contribution is 0.590. The Morgan fingerprint density at radius 2 is 0.494 bits per heavy atom. The van der Waals surface area contributed by atoms with Crippen molar-refractivity contribution in [1.82, 2.24) is 0 Å². The maximum absolute atomic E-state index is 2.54. The molecule has 1 nitrogen and oxygen atoms in total. The predicted octanol–water partition coefficient (Wildman–Crippen LogP) is 20.8. The zero-order valence-corrected chi connectivity index (χ0v) is 49.2. The molecule has 0 fully saturated rings. The first-order valence-electron chi connectivity index (χ1n) is 27.8. The molecule has 0 amide bonds. The van der Waals surface area contributed by atoms with Crippen LogP contribution < -0.4 is 15.3 Å². The summed E-state index contributed by atoms with van der Waals surface area (Å²) >= 11 is 0. The van der Waals surface area contributed by atoms with E-state index in [1.165, 1.54) is 125 Å². The number of fused-ring (bicyclic) bond motifs is 6. The van der Waals surface area contributed by atoms with Gasteiger partial charge in [-0.2, -0.15) is 0 Å². The smallest absolute Gasteiger partial charge is 0.0792 e. The number of hydrogen-bond acceptors (Lipinski definition) is 1. The van der Waals surface area contributed by atoms with Crippen molar-refractivity contribution in [3.05, 3.63) is 223 Å². The van der Waals surface area contributed by atoms with Crippen LogP contribution in [0.1, 0.15) is 52.7 Å². The summed E-state index contributed by atoms with van der Waals surface area (Å²) in [6.07, 6.45) is 0. The fraction of sp³-hybridized carbons (Fsp3) is 0.189. The van der Waals surface area contributed by atoms with Crippen LogP contribution in [-0.4, -0.2) is 16.1 Å². The van der Waals surface area contributed by atoms with Crippen LogP contribution in [0.5, 0.6) is 0 Å². The highest BCUT2D eigenvalue weighted by molar-refractivity contribution is 6.93. The Balaban J connectivity index is 1.23. The molecule has 12 aromatic rings. The van der Waals surface area contributed by atoms with Gasteiger partial charge in [-0.15, -0.1) is 0 Å². The molecule has 3 heteroatoms. The summed E-state index contributed by atoms with van der Waals surface area (Å²) in [5, 5.41) is 18.6. The van der Waals surface area contributed by atoms with Gasteiger partial charge in [-0.05, 0) is 162 Å². The minimum atomic E-state index is -1.84. The van der Waals surface area contributed by atoms with E-state index in [-0.39, 0.29) is 10.8 Å². The summed E-state index contributed by atoms with van der Waals surface area (Å²) in [5.74, 6) is 0. The summed E-state index contributed by atoms with van der Waals surface area (Å²) < 4.78 is 0. The van der Waals surface area contributed by atoms with Gasteiger partial charge in [0, 0.05) is 22.1 Å². The van der Waals surface area contributed by atoms with Gasteiger partial charge in [0.1, 0.15) is 0 Å². The zero-order valence-electron chi connectivity index (χ0n) is 47.2. The summed E-state index contributed by atoms with van der Waals surface area (Å²) in [6.45, 7) is 28.8. The Kier molecular flexibility index (Phi) is 12.1. The maximum atomic E-state index is 2.54. The number of rotatable bonds is 8. The average molecular weight is 1030 g/mol. The molecule has 12 aromatic carbocycles. The lowest BCUT2D eigenvalue weighted by atomic mass is 9.83. The van der Waals surface area contributed by atoms with Crippen molar-refractivity contribution in [3.63, 3.8) is 0 Å². The van der Waals surface area contributed by atoms with E-state index in [2.05, 4.69) is 298 Å². The Bertz CT molecular complexity index is 3900. The molecule has 0 aromatic heterocycles. The second-order valence-corrected chi connectivity index (χ2v) is 35.7. The van der Waals surface area contributed by atoms with E-state index in [4.69, 9.17) is 0 Å². The van der Waals surface area contributed by atoms with Gasteiger partial charge in [0.25, 0.3) is 0 Å². The molecule has 0 spiro atoms. The number of nitrogens with zero attached hydrogens (tertiary/aromatic N) is 1. The van der Waals surface area contributed by atoms with Crippen molar-refractivity contribution in [2.24, 2.45) is 0 Å². The van der Waals surface area contributed by atoms with Crippen LogP contribution in [0.2, 0.25) is 39.3 Å². The van der Waals surface area contributed by atoms with Crippen molar-refractivity contribution in [3.8, 4) is 33.4 Å². The van der Waals surface area contributed by atoms with Gasteiger partial charge in [-0.1, -0.05) is 251 Å². The third-order valence-electron chi connectivity index (χ3n) is 16.3. The maximum Gasteiger partial charge on any atom is 0.0792 e. The van der Waals surface area contributed by atoms with Crippen LogP contribution in [0.3, 0.4) is 0 Å². The van der Waals surface area contributed by atoms with E-state index in [1.807, 2.05) is 0 Å². The monoisotopic (exact) mass is 1030 g/mol. The first-order valence-corrected chi connectivity index (χ1v) is 34.8. The minimum absolute atomic E-state index is 0.0238. The molecule has 0 heterocycles. The zero-order chi connectivity index (χ0) is 53.8. The van der Waals surface area contributed by atoms with E-state index in [9.17, 15) is 0 Å². The van der Waals surface area contributed by atoms with Gasteiger partial charge in [0.15, 0.2) is 0 Å². The van der Waals surface area contributed by atoms with Gasteiger partial charge >= 0.3 is 0 Å². The molecule has 0 N–H and O–H groups in total. The summed E-state index contributed by atoms with van der Waals surface area (Å²) in [4.78, 5) is 2.52. The van der Waals surface area contributed by atoms with Crippen molar-refractivity contribution >= 4 is 108 Å². The summed E-state index contributed by atoms with van der Waals surface area (Å²) in [6, 6.07) is 81.7. The molecule has 0 aliphatic heterocycles. The van der Waals surface area contributed by atoms with Crippen LogP contribution in [0, 0.1) is 0 Å². The first-order chi connectivity index (χ1) is 36.8. The topological polar surface area (TPSA) is 3.24 Å².